The Balaban J connectivity index is 0.795. The van der Waals surface area contributed by atoms with E-state index in [0.29, 0.717) is 23.1 Å². The van der Waals surface area contributed by atoms with Crippen LogP contribution in [0.4, 0.5) is 11.5 Å². The molecule has 0 saturated carbocycles. The van der Waals surface area contributed by atoms with Gasteiger partial charge in [-0.15, -0.1) is 0 Å². The van der Waals surface area contributed by atoms with Crippen LogP contribution in [0.1, 0.15) is 101 Å². The lowest BCUT2D eigenvalue weighted by molar-refractivity contribution is -0.135. The number of piperazine rings is 1. The number of unbranched alkanes of at least 4 members (excludes halogenated alkanes) is 8. The molecule has 12 nitrogen and oxygen atoms in total. The minimum atomic E-state index is -0.735. The fourth-order valence-corrected chi connectivity index (χ4v) is 9.31. The van der Waals surface area contributed by atoms with Gasteiger partial charge >= 0.3 is 0 Å². The second kappa shape index (κ2) is 19.9. The maximum absolute atomic E-state index is 13.7. The standard InChI is InChI=1S/C50H61N9O3/c1-4-56-29-31-57(32-30-56)45-34-42(38-21-14-12-15-22-38)53-48-46(35(2)55-59(45)48)39-23-17-20-37(33-39)19-13-10-8-6-5-7-9-11-16-28-51-40-24-18-25-41-47(40)50(62)58(36(3)52-41)43-26-27-44(60)54-49(43)61/h12,14-15,17-18,20-25,33-34,43,51H,4-11,13,16,19,26-32H2,1-3H3,(H,54,60,61). The molecule has 2 saturated heterocycles. The molecule has 1 unspecified atom stereocenters. The zero-order chi connectivity index (χ0) is 43.0. The second-order valence-corrected chi connectivity index (χ2v) is 17.0. The molecule has 2 amide bonds. The molecule has 1 atom stereocenters. The number of rotatable bonds is 18. The van der Waals surface area contributed by atoms with E-state index in [2.05, 4.69) is 104 Å². The minimum Gasteiger partial charge on any atom is -0.384 e. The predicted molar refractivity (Wildman–Crippen MR) is 249 cm³/mol. The van der Waals surface area contributed by atoms with Crippen LogP contribution >= 0.6 is 0 Å². The lowest BCUT2D eigenvalue weighted by Gasteiger charge is -2.35. The third kappa shape index (κ3) is 9.60. The van der Waals surface area contributed by atoms with Gasteiger partial charge in [0.1, 0.15) is 17.7 Å². The van der Waals surface area contributed by atoms with Crippen molar-refractivity contribution in [3.05, 3.63) is 106 Å². The Morgan fingerprint density at radius 2 is 1.47 bits per heavy atom. The van der Waals surface area contributed by atoms with Crippen molar-refractivity contribution < 1.29 is 9.59 Å². The lowest BCUT2D eigenvalue weighted by Crippen LogP contribution is -2.46. The van der Waals surface area contributed by atoms with E-state index in [0.717, 1.165) is 98.2 Å². The molecule has 6 aromatic rings. The summed E-state index contributed by atoms with van der Waals surface area (Å²) in [6.45, 7) is 12.0. The molecule has 0 aliphatic carbocycles. The SMILES string of the molecule is CCN1CCN(c2cc(-c3ccccc3)nc3c(-c4cccc(CCCCCCCCCCCNc5cccc6nc(C)n(C7CCC(=O)NC7=O)c(=O)c56)c4)c(C)nn23)CC1. The summed E-state index contributed by atoms with van der Waals surface area (Å²) < 4.78 is 3.53. The highest BCUT2D eigenvalue weighted by Crippen LogP contribution is 2.34. The molecule has 0 radical (unpaired) electrons. The number of aryl methyl sites for hydroxylation is 3. The van der Waals surface area contributed by atoms with Crippen LogP contribution < -0.4 is 21.1 Å². The number of nitrogens with zero attached hydrogens (tertiary/aromatic N) is 7. The van der Waals surface area contributed by atoms with Gasteiger partial charge in [-0.2, -0.15) is 9.61 Å². The first-order chi connectivity index (χ1) is 30.3. The summed E-state index contributed by atoms with van der Waals surface area (Å²) >= 11 is 0. The Labute approximate surface area is 364 Å². The summed E-state index contributed by atoms with van der Waals surface area (Å²) in [6.07, 6.45) is 12.3. The highest BCUT2D eigenvalue weighted by atomic mass is 16.2. The summed E-state index contributed by atoms with van der Waals surface area (Å²) in [7, 11) is 0. The number of benzene rings is 3. The number of carbonyl (C=O) groups excluding carboxylic acids is 2. The molecule has 3 aromatic heterocycles. The predicted octanol–water partition coefficient (Wildman–Crippen LogP) is 8.68. The van der Waals surface area contributed by atoms with E-state index in [1.807, 2.05) is 18.2 Å². The number of fused-ring (bicyclic) bond motifs is 2. The molecule has 2 aliphatic rings. The number of piperidine rings is 1. The molecule has 2 aliphatic heterocycles. The number of likely N-dealkylation sites (N-methyl/N-ethyl adjacent to an activating group) is 1. The number of aromatic nitrogens is 5. The van der Waals surface area contributed by atoms with E-state index in [1.165, 1.54) is 60.6 Å². The van der Waals surface area contributed by atoms with Gasteiger partial charge in [0.15, 0.2) is 5.65 Å². The number of amides is 2. The van der Waals surface area contributed by atoms with Crippen LogP contribution in [0.25, 0.3) is 38.9 Å². The van der Waals surface area contributed by atoms with Crippen LogP contribution in [0, 0.1) is 13.8 Å². The molecule has 2 N–H and O–H groups in total. The summed E-state index contributed by atoms with van der Waals surface area (Å²) in [5, 5.41) is 11.4. The van der Waals surface area contributed by atoms with Crippen LogP contribution in [0.15, 0.2) is 83.7 Å². The quantitative estimate of drug-likeness (QED) is 0.0646. The maximum Gasteiger partial charge on any atom is 0.264 e. The number of imide groups is 1. The highest BCUT2D eigenvalue weighted by Gasteiger charge is 2.31. The highest BCUT2D eigenvalue weighted by molar-refractivity contribution is 6.00. The molecule has 5 heterocycles. The lowest BCUT2D eigenvalue weighted by atomic mass is 9.99. The van der Waals surface area contributed by atoms with Crippen molar-refractivity contribution in [1.29, 1.82) is 0 Å². The first kappa shape index (κ1) is 42.8. The van der Waals surface area contributed by atoms with Gasteiger partial charge < -0.3 is 15.1 Å². The maximum atomic E-state index is 13.7. The molecule has 8 rings (SSSR count). The van der Waals surface area contributed by atoms with E-state index < -0.39 is 11.9 Å². The molecule has 0 spiro atoms. The fourth-order valence-electron chi connectivity index (χ4n) is 9.31. The van der Waals surface area contributed by atoms with Gasteiger partial charge in [-0.1, -0.05) is 113 Å². The van der Waals surface area contributed by atoms with E-state index in [-0.39, 0.29) is 17.9 Å². The Morgan fingerprint density at radius 1 is 0.758 bits per heavy atom. The summed E-state index contributed by atoms with van der Waals surface area (Å²) in [4.78, 5) is 52.9. The van der Waals surface area contributed by atoms with Gasteiger partial charge in [0, 0.05) is 62.0 Å². The minimum absolute atomic E-state index is 0.204. The Hall–Kier alpha value is -5.88. The average Bonchev–Trinajstić information content (AvgIpc) is 3.63. The first-order valence-electron chi connectivity index (χ1n) is 22.9. The monoisotopic (exact) mass is 835 g/mol. The summed E-state index contributed by atoms with van der Waals surface area (Å²) in [5.74, 6) is 0.827. The number of nitrogens with one attached hydrogen (secondary N) is 2. The van der Waals surface area contributed by atoms with E-state index in [4.69, 9.17) is 10.1 Å². The smallest absolute Gasteiger partial charge is 0.264 e. The third-order valence-electron chi connectivity index (χ3n) is 12.8. The van der Waals surface area contributed by atoms with Crippen LogP contribution in [0.5, 0.6) is 0 Å². The van der Waals surface area contributed by atoms with E-state index in [1.54, 1.807) is 6.92 Å². The molecule has 12 heteroatoms. The zero-order valence-corrected chi connectivity index (χ0v) is 36.7. The average molecular weight is 836 g/mol. The topological polar surface area (TPSA) is 130 Å². The van der Waals surface area contributed by atoms with Gasteiger partial charge in [0.2, 0.25) is 11.8 Å². The molecule has 3 aromatic carbocycles. The van der Waals surface area contributed by atoms with Crippen molar-refractivity contribution in [3.8, 4) is 22.4 Å². The summed E-state index contributed by atoms with van der Waals surface area (Å²) in [5.41, 5.74) is 8.77. The Kier molecular flexibility index (Phi) is 13.7. The normalized spacial score (nSPS) is 16.0. The molecule has 62 heavy (non-hydrogen) atoms. The van der Waals surface area contributed by atoms with Crippen LogP contribution in [0.2, 0.25) is 0 Å². The van der Waals surface area contributed by atoms with Gasteiger partial charge in [-0.05, 0) is 69.3 Å². The Bertz CT molecular complexity index is 2570. The number of hydrogen-bond donors (Lipinski definition) is 2. The van der Waals surface area contributed by atoms with Crippen molar-refractivity contribution in [2.45, 2.75) is 104 Å². The number of anilines is 2. The van der Waals surface area contributed by atoms with Crippen molar-refractivity contribution in [1.82, 2.24) is 34.4 Å². The van der Waals surface area contributed by atoms with Gasteiger partial charge in [0.05, 0.1) is 22.3 Å². The van der Waals surface area contributed by atoms with Gasteiger partial charge in [-0.25, -0.2) is 9.97 Å². The first-order valence-corrected chi connectivity index (χ1v) is 22.9. The largest absolute Gasteiger partial charge is 0.384 e. The Morgan fingerprint density at radius 3 is 2.21 bits per heavy atom. The van der Waals surface area contributed by atoms with Crippen molar-refractivity contribution in [2.75, 3.05) is 49.5 Å². The molecule has 2 fully saturated rings. The van der Waals surface area contributed by atoms with Crippen molar-refractivity contribution in [3.63, 3.8) is 0 Å². The molecule has 324 valence electrons. The van der Waals surface area contributed by atoms with Gasteiger partial charge in [-0.3, -0.25) is 24.3 Å². The van der Waals surface area contributed by atoms with Crippen molar-refractivity contribution in [2.24, 2.45) is 0 Å². The molecular weight excluding hydrogens is 775 g/mol. The second-order valence-electron chi connectivity index (χ2n) is 17.0. The summed E-state index contributed by atoms with van der Waals surface area (Å²) in [6, 6.07) is 26.6. The van der Waals surface area contributed by atoms with Gasteiger partial charge in [0.25, 0.3) is 5.56 Å². The number of hydrogen-bond acceptors (Lipinski definition) is 9. The molecule has 0 bridgehead atoms. The van der Waals surface area contributed by atoms with E-state index in [9.17, 15) is 14.4 Å². The van der Waals surface area contributed by atoms with Crippen molar-refractivity contribution >= 4 is 39.9 Å². The third-order valence-corrected chi connectivity index (χ3v) is 12.8. The molecular formula is C50H61N9O3. The number of carbonyl (C=O) groups is 2. The van der Waals surface area contributed by atoms with Crippen LogP contribution in [-0.4, -0.2) is 80.1 Å². The zero-order valence-electron chi connectivity index (χ0n) is 36.7. The van der Waals surface area contributed by atoms with Crippen LogP contribution in [0.3, 0.4) is 0 Å². The fraction of sp³-hybridized carbons (Fsp3) is 0.440. The van der Waals surface area contributed by atoms with E-state index >= 15 is 0 Å². The van der Waals surface area contributed by atoms with Crippen LogP contribution in [-0.2, 0) is 16.0 Å².